The second kappa shape index (κ2) is 4.90. The van der Waals surface area contributed by atoms with Gasteiger partial charge in [0.05, 0.1) is 5.52 Å². The summed E-state index contributed by atoms with van der Waals surface area (Å²) in [4.78, 5) is 14.4. The third kappa shape index (κ3) is 2.29. The van der Waals surface area contributed by atoms with Gasteiger partial charge in [-0.3, -0.25) is 0 Å². The zero-order chi connectivity index (χ0) is 14.3. The fraction of sp³-hybridized carbons (Fsp3) is 0.200. The highest BCUT2D eigenvalue weighted by molar-refractivity contribution is 9.10. The maximum absolute atomic E-state index is 4.60. The maximum atomic E-state index is 4.60. The molecule has 0 amide bonds. The van der Waals surface area contributed by atoms with Crippen LogP contribution in [0.1, 0.15) is 5.56 Å². The molecule has 102 valence electrons. The van der Waals surface area contributed by atoms with E-state index in [4.69, 9.17) is 0 Å². The molecule has 0 aliphatic rings. The van der Waals surface area contributed by atoms with Crippen LogP contribution in [0.15, 0.2) is 34.8 Å². The minimum absolute atomic E-state index is 0.736. The fourth-order valence-electron chi connectivity index (χ4n) is 2.08. The molecule has 0 bridgehead atoms. The van der Waals surface area contributed by atoms with Crippen molar-refractivity contribution in [3.05, 3.63) is 40.4 Å². The maximum Gasteiger partial charge on any atom is 0.180 e. The SMILES string of the molecule is Cc1ccc(Br)c(-c2nc3nc(N(C)C)ccc3[nH]2)c1. The zero-order valence-corrected chi connectivity index (χ0v) is 13.2. The zero-order valence-electron chi connectivity index (χ0n) is 11.6. The number of rotatable bonds is 2. The number of nitrogens with one attached hydrogen (secondary N) is 1. The number of aryl methyl sites for hydroxylation is 1. The van der Waals surface area contributed by atoms with Gasteiger partial charge in [0, 0.05) is 24.1 Å². The van der Waals surface area contributed by atoms with Gasteiger partial charge in [-0.05, 0) is 31.2 Å². The number of halogens is 1. The molecule has 0 spiro atoms. The second-order valence-electron chi connectivity index (χ2n) is 5.00. The normalized spacial score (nSPS) is 11.0. The molecule has 0 unspecified atom stereocenters. The highest BCUT2D eigenvalue weighted by atomic mass is 79.9. The summed E-state index contributed by atoms with van der Waals surface area (Å²) in [6.07, 6.45) is 0. The van der Waals surface area contributed by atoms with Crippen molar-refractivity contribution in [2.45, 2.75) is 6.92 Å². The van der Waals surface area contributed by atoms with Crippen LogP contribution < -0.4 is 4.90 Å². The van der Waals surface area contributed by atoms with Gasteiger partial charge in [-0.25, -0.2) is 9.97 Å². The summed E-state index contributed by atoms with van der Waals surface area (Å²) >= 11 is 3.57. The highest BCUT2D eigenvalue weighted by Gasteiger charge is 2.10. The molecular weight excluding hydrogens is 316 g/mol. The molecule has 5 heteroatoms. The van der Waals surface area contributed by atoms with E-state index in [9.17, 15) is 0 Å². The van der Waals surface area contributed by atoms with Gasteiger partial charge >= 0.3 is 0 Å². The molecule has 3 rings (SSSR count). The number of nitrogens with zero attached hydrogens (tertiary/aromatic N) is 3. The van der Waals surface area contributed by atoms with Crippen LogP contribution in [0.5, 0.6) is 0 Å². The lowest BCUT2D eigenvalue weighted by molar-refractivity contribution is 1.08. The summed E-state index contributed by atoms with van der Waals surface area (Å²) in [7, 11) is 3.94. The quantitative estimate of drug-likeness (QED) is 0.778. The van der Waals surface area contributed by atoms with Crippen LogP contribution >= 0.6 is 15.9 Å². The lowest BCUT2D eigenvalue weighted by Crippen LogP contribution is -2.10. The first-order valence-corrected chi connectivity index (χ1v) is 7.14. The van der Waals surface area contributed by atoms with Gasteiger partial charge in [0.1, 0.15) is 11.6 Å². The van der Waals surface area contributed by atoms with Crippen LogP contribution in [0, 0.1) is 6.92 Å². The smallest absolute Gasteiger partial charge is 0.180 e. The summed E-state index contributed by atoms with van der Waals surface area (Å²) in [6.45, 7) is 2.07. The molecule has 1 N–H and O–H groups in total. The Balaban J connectivity index is 2.15. The van der Waals surface area contributed by atoms with E-state index < -0.39 is 0 Å². The largest absolute Gasteiger partial charge is 0.363 e. The van der Waals surface area contributed by atoms with Gasteiger partial charge in [-0.15, -0.1) is 0 Å². The molecule has 2 aromatic heterocycles. The molecule has 4 nitrogen and oxygen atoms in total. The number of aromatic nitrogens is 3. The minimum atomic E-state index is 0.736. The molecule has 20 heavy (non-hydrogen) atoms. The van der Waals surface area contributed by atoms with Crippen molar-refractivity contribution < 1.29 is 0 Å². The number of hydrogen-bond acceptors (Lipinski definition) is 3. The monoisotopic (exact) mass is 330 g/mol. The second-order valence-corrected chi connectivity index (χ2v) is 5.86. The fourth-order valence-corrected chi connectivity index (χ4v) is 2.51. The van der Waals surface area contributed by atoms with Crippen LogP contribution in [0.3, 0.4) is 0 Å². The Hall–Kier alpha value is -1.88. The van der Waals surface area contributed by atoms with Gasteiger partial charge in [-0.2, -0.15) is 0 Å². The van der Waals surface area contributed by atoms with Gasteiger partial charge in [-0.1, -0.05) is 27.6 Å². The van der Waals surface area contributed by atoms with E-state index in [0.717, 1.165) is 32.8 Å². The van der Waals surface area contributed by atoms with Crippen molar-refractivity contribution in [1.82, 2.24) is 15.0 Å². The molecular formula is C15H15BrN4. The standard InChI is InChI=1S/C15H15BrN4/c1-9-4-5-11(16)10(8-9)14-17-12-6-7-13(20(2)3)18-15(12)19-14/h4-8H,1-3H3,(H,17,18,19). The summed E-state index contributed by atoms with van der Waals surface area (Å²) in [5.41, 5.74) is 3.93. The average molecular weight is 331 g/mol. The third-order valence-electron chi connectivity index (χ3n) is 3.17. The number of imidazole rings is 1. The molecule has 0 atom stereocenters. The Morgan fingerprint density at radius 3 is 2.65 bits per heavy atom. The van der Waals surface area contributed by atoms with Crippen molar-refractivity contribution in [1.29, 1.82) is 0 Å². The predicted octanol–water partition coefficient (Wildman–Crippen LogP) is 3.76. The van der Waals surface area contributed by atoms with Crippen LogP contribution in [0.25, 0.3) is 22.6 Å². The van der Waals surface area contributed by atoms with Gasteiger partial charge in [0.25, 0.3) is 0 Å². The average Bonchev–Trinajstić information content (AvgIpc) is 2.83. The van der Waals surface area contributed by atoms with E-state index >= 15 is 0 Å². The van der Waals surface area contributed by atoms with E-state index in [1.54, 1.807) is 0 Å². The Kier molecular flexibility index (Phi) is 3.22. The van der Waals surface area contributed by atoms with Crippen LogP contribution in [-0.4, -0.2) is 29.0 Å². The van der Waals surface area contributed by atoms with Crippen LogP contribution in [-0.2, 0) is 0 Å². The van der Waals surface area contributed by atoms with Gasteiger partial charge < -0.3 is 9.88 Å². The number of hydrogen-bond donors (Lipinski definition) is 1. The first-order chi connectivity index (χ1) is 9.54. The summed E-state index contributed by atoms with van der Waals surface area (Å²) in [6, 6.07) is 10.2. The molecule has 0 saturated heterocycles. The van der Waals surface area contributed by atoms with Crippen LogP contribution in [0.2, 0.25) is 0 Å². The lowest BCUT2D eigenvalue weighted by atomic mass is 10.1. The Labute approximate surface area is 126 Å². The number of anilines is 1. The van der Waals surface area contributed by atoms with Crippen molar-refractivity contribution in [3.63, 3.8) is 0 Å². The summed E-state index contributed by atoms with van der Waals surface area (Å²) in [5.74, 6) is 1.73. The highest BCUT2D eigenvalue weighted by Crippen LogP contribution is 2.28. The van der Waals surface area contributed by atoms with Gasteiger partial charge in [0.15, 0.2) is 5.65 Å². The van der Waals surface area contributed by atoms with E-state index in [-0.39, 0.29) is 0 Å². The third-order valence-corrected chi connectivity index (χ3v) is 3.86. The van der Waals surface area contributed by atoms with E-state index in [1.807, 2.05) is 37.2 Å². The molecule has 0 radical (unpaired) electrons. The number of fused-ring (bicyclic) bond motifs is 1. The molecule has 2 heterocycles. The first-order valence-electron chi connectivity index (χ1n) is 6.35. The van der Waals surface area contributed by atoms with E-state index in [2.05, 4.69) is 49.9 Å². The lowest BCUT2D eigenvalue weighted by Gasteiger charge is -2.09. The predicted molar refractivity (Wildman–Crippen MR) is 86.1 cm³/mol. The molecule has 0 aliphatic heterocycles. The van der Waals surface area contributed by atoms with Gasteiger partial charge in [0.2, 0.25) is 0 Å². The Morgan fingerprint density at radius 2 is 1.90 bits per heavy atom. The number of H-pyrrole nitrogens is 1. The first kappa shape index (κ1) is 13.1. The molecule has 3 aromatic rings. The summed E-state index contributed by atoms with van der Waals surface area (Å²) < 4.78 is 1.02. The summed E-state index contributed by atoms with van der Waals surface area (Å²) in [5, 5.41) is 0. The molecule has 1 aromatic carbocycles. The Morgan fingerprint density at radius 1 is 1.10 bits per heavy atom. The topological polar surface area (TPSA) is 44.8 Å². The Bertz CT molecular complexity index is 777. The van der Waals surface area contributed by atoms with Crippen molar-refractivity contribution >= 4 is 32.9 Å². The van der Waals surface area contributed by atoms with Crippen molar-refractivity contribution in [2.75, 3.05) is 19.0 Å². The number of benzene rings is 1. The molecule has 0 aliphatic carbocycles. The molecule has 0 fully saturated rings. The minimum Gasteiger partial charge on any atom is -0.363 e. The van der Waals surface area contributed by atoms with Crippen molar-refractivity contribution in [3.8, 4) is 11.4 Å². The van der Waals surface area contributed by atoms with E-state index in [1.165, 1.54) is 5.56 Å². The van der Waals surface area contributed by atoms with E-state index in [0.29, 0.717) is 0 Å². The van der Waals surface area contributed by atoms with Crippen molar-refractivity contribution in [2.24, 2.45) is 0 Å². The number of pyridine rings is 1. The molecule has 0 saturated carbocycles. The number of aromatic amines is 1. The van der Waals surface area contributed by atoms with Crippen LogP contribution in [0.4, 0.5) is 5.82 Å².